The van der Waals surface area contributed by atoms with Crippen molar-refractivity contribution in [3.63, 3.8) is 0 Å². The normalized spacial score (nSPS) is 10.9. The average molecular weight is 269 g/mol. The Bertz CT molecular complexity index is 771. The van der Waals surface area contributed by atoms with Crippen LogP contribution in [0.3, 0.4) is 0 Å². The summed E-state index contributed by atoms with van der Waals surface area (Å²) in [7, 11) is 0. The second-order valence-electron chi connectivity index (χ2n) is 4.62. The molecule has 3 aromatic rings. The fraction of sp³-hybridized carbons (Fsp3) is 0.214. The number of hydrogen-bond acceptors (Lipinski definition) is 3. The first-order valence-electron chi connectivity index (χ1n) is 6.46. The van der Waals surface area contributed by atoms with Gasteiger partial charge in [-0.05, 0) is 25.5 Å². The topological polar surface area (TPSA) is 75.6 Å². The highest BCUT2D eigenvalue weighted by atomic mass is 16.1. The second-order valence-corrected chi connectivity index (χ2v) is 4.62. The van der Waals surface area contributed by atoms with Crippen LogP contribution in [0.4, 0.5) is 5.82 Å². The largest absolute Gasteiger partial charge is 0.359 e. The molecule has 6 heteroatoms. The zero-order valence-corrected chi connectivity index (χ0v) is 11.3. The van der Waals surface area contributed by atoms with Gasteiger partial charge in [-0.15, -0.1) is 0 Å². The summed E-state index contributed by atoms with van der Waals surface area (Å²) in [5.41, 5.74) is 3.09. The number of fused-ring (bicyclic) bond motifs is 1. The van der Waals surface area contributed by atoms with E-state index in [0.717, 1.165) is 17.6 Å². The van der Waals surface area contributed by atoms with Crippen LogP contribution in [-0.4, -0.2) is 25.7 Å². The molecule has 0 bridgehead atoms. The maximum atomic E-state index is 12.3. The van der Waals surface area contributed by atoms with Gasteiger partial charge in [0, 0.05) is 31.2 Å². The molecule has 0 atom stereocenters. The second kappa shape index (κ2) is 4.80. The van der Waals surface area contributed by atoms with Gasteiger partial charge in [0.2, 0.25) is 0 Å². The third kappa shape index (κ3) is 2.16. The van der Waals surface area contributed by atoms with E-state index in [4.69, 9.17) is 0 Å². The highest BCUT2D eigenvalue weighted by molar-refractivity contribution is 6.11. The summed E-state index contributed by atoms with van der Waals surface area (Å²) in [5, 5.41) is 7.00. The van der Waals surface area contributed by atoms with Gasteiger partial charge >= 0.3 is 0 Å². The zero-order valence-electron chi connectivity index (χ0n) is 11.3. The average Bonchev–Trinajstić information content (AvgIpc) is 3.04. The Kier molecular flexibility index (Phi) is 2.98. The zero-order chi connectivity index (χ0) is 14.1. The molecule has 102 valence electrons. The molecule has 3 aromatic heterocycles. The van der Waals surface area contributed by atoms with E-state index in [9.17, 15) is 4.79 Å². The van der Waals surface area contributed by atoms with Gasteiger partial charge in [-0.1, -0.05) is 0 Å². The van der Waals surface area contributed by atoms with Crippen molar-refractivity contribution in [1.82, 2.24) is 19.7 Å². The molecule has 0 spiro atoms. The van der Waals surface area contributed by atoms with Crippen molar-refractivity contribution in [1.29, 1.82) is 0 Å². The quantitative estimate of drug-likeness (QED) is 0.766. The number of anilines is 1. The first kappa shape index (κ1) is 12.4. The van der Waals surface area contributed by atoms with Crippen LogP contribution >= 0.6 is 0 Å². The van der Waals surface area contributed by atoms with E-state index in [-0.39, 0.29) is 5.91 Å². The van der Waals surface area contributed by atoms with E-state index in [1.54, 1.807) is 23.1 Å². The van der Waals surface area contributed by atoms with Gasteiger partial charge in [0.1, 0.15) is 5.52 Å². The van der Waals surface area contributed by atoms with Gasteiger partial charge in [-0.3, -0.25) is 14.5 Å². The fourth-order valence-corrected chi connectivity index (χ4v) is 2.07. The Morgan fingerprint density at radius 2 is 2.35 bits per heavy atom. The Balaban J connectivity index is 1.88. The number of carbonyl (C=O) groups excluding carboxylic acids is 1. The molecule has 0 saturated carbocycles. The third-order valence-corrected chi connectivity index (χ3v) is 3.10. The summed E-state index contributed by atoms with van der Waals surface area (Å²) < 4.78 is 1.76. The molecule has 6 nitrogen and oxygen atoms in total. The Morgan fingerprint density at radius 1 is 1.50 bits per heavy atom. The minimum absolute atomic E-state index is 0.214. The number of aromatic amines is 1. The molecule has 3 heterocycles. The van der Waals surface area contributed by atoms with Crippen molar-refractivity contribution < 1.29 is 4.79 Å². The standard InChI is InChI=1S/C14H15N5O/c1-3-19-5-4-12(18-19)17-14(20)10-8-15-11-6-9(2)7-16-13(10)11/h4-8,15H,3H2,1-2H3,(H,17,18,20). The first-order chi connectivity index (χ1) is 9.67. The number of pyridine rings is 1. The van der Waals surface area contributed by atoms with Crippen LogP contribution in [0.1, 0.15) is 22.8 Å². The van der Waals surface area contributed by atoms with Crippen LogP contribution in [0.2, 0.25) is 0 Å². The lowest BCUT2D eigenvalue weighted by molar-refractivity contribution is 0.102. The van der Waals surface area contributed by atoms with Crippen LogP contribution in [0.25, 0.3) is 11.0 Å². The molecular weight excluding hydrogens is 254 g/mol. The van der Waals surface area contributed by atoms with Crippen molar-refractivity contribution in [2.75, 3.05) is 5.32 Å². The van der Waals surface area contributed by atoms with Crippen LogP contribution < -0.4 is 5.32 Å². The summed E-state index contributed by atoms with van der Waals surface area (Å²) in [6, 6.07) is 3.73. The van der Waals surface area contributed by atoms with Gasteiger partial charge in [-0.25, -0.2) is 0 Å². The predicted octanol–water partition coefficient (Wildman–Crippen LogP) is 2.34. The van der Waals surface area contributed by atoms with Crippen molar-refractivity contribution in [2.24, 2.45) is 0 Å². The van der Waals surface area contributed by atoms with E-state index >= 15 is 0 Å². The molecule has 0 aliphatic carbocycles. The number of H-pyrrole nitrogens is 1. The van der Waals surface area contributed by atoms with Gasteiger partial charge in [0.05, 0.1) is 11.1 Å². The van der Waals surface area contributed by atoms with Crippen molar-refractivity contribution >= 4 is 22.8 Å². The lowest BCUT2D eigenvalue weighted by Gasteiger charge is -2.00. The number of amides is 1. The van der Waals surface area contributed by atoms with Crippen LogP contribution in [0.15, 0.2) is 30.7 Å². The number of aromatic nitrogens is 4. The lowest BCUT2D eigenvalue weighted by atomic mass is 10.2. The fourth-order valence-electron chi connectivity index (χ4n) is 2.07. The Labute approximate surface area is 115 Å². The van der Waals surface area contributed by atoms with E-state index in [2.05, 4.69) is 20.4 Å². The molecule has 0 fully saturated rings. The lowest BCUT2D eigenvalue weighted by Crippen LogP contribution is -2.12. The molecule has 0 saturated heterocycles. The van der Waals surface area contributed by atoms with Gasteiger partial charge in [-0.2, -0.15) is 5.10 Å². The van der Waals surface area contributed by atoms with Crippen LogP contribution in [0.5, 0.6) is 0 Å². The number of hydrogen-bond donors (Lipinski definition) is 2. The molecular formula is C14H15N5O. The van der Waals surface area contributed by atoms with E-state index in [0.29, 0.717) is 16.9 Å². The maximum Gasteiger partial charge on any atom is 0.260 e. The summed E-state index contributed by atoms with van der Waals surface area (Å²) in [6.07, 6.45) is 5.24. The minimum Gasteiger partial charge on any atom is -0.359 e. The summed E-state index contributed by atoms with van der Waals surface area (Å²) in [6.45, 7) is 4.72. The SMILES string of the molecule is CCn1ccc(NC(=O)c2c[nH]c3cc(C)cnc23)n1. The number of rotatable bonds is 3. The number of carbonyl (C=O) groups is 1. The van der Waals surface area contributed by atoms with Crippen LogP contribution in [-0.2, 0) is 6.54 Å². The van der Waals surface area contributed by atoms with Gasteiger partial charge in [0.25, 0.3) is 5.91 Å². The van der Waals surface area contributed by atoms with E-state index in [1.165, 1.54) is 0 Å². The monoisotopic (exact) mass is 269 g/mol. The molecule has 1 amide bonds. The van der Waals surface area contributed by atoms with Gasteiger partial charge in [0.15, 0.2) is 5.82 Å². The van der Waals surface area contributed by atoms with Crippen molar-refractivity contribution in [2.45, 2.75) is 20.4 Å². The minimum atomic E-state index is -0.214. The molecule has 0 aromatic carbocycles. The Hall–Kier alpha value is -2.63. The molecule has 0 aliphatic rings. The number of nitrogens with zero attached hydrogens (tertiary/aromatic N) is 3. The first-order valence-corrected chi connectivity index (χ1v) is 6.46. The van der Waals surface area contributed by atoms with Crippen LogP contribution in [0, 0.1) is 6.92 Å². The van der Waals surface area contributed by atoms with E-state index < -0.39 is 0 Å². The highest BCUT2D eigenvalue weighted by Crippen LogP contribution is 2.17. The molecule has 0 unspecified atom stereocenters. The summed E-state index contributed by atoms with van der Waals surface area (Å²) in [5.74, 6) is 0.326. The predicted molar refractivity (Wildman–Crippen MR) is 76.7 cm³/mol. The number of nitrogens with one attached hydrogen (secondary N) is 2. The maximum absolute atomic E-state index is 12.3. The number of aryl methyl sites for hydroxylation is 2. The molecule has 0 radical (unpaired) electrons. The molecule has 20 heavy (non-hydrogen) atoms. The summed E-state index contributed by atoms with van der Waals surface area (Å²) in [4.78, 5) is 19.6. The molecule has 0 aliphatic heterocycles. The van der Waals surface area contributed by atoms with Gasteiger partial charge < -0.3 is 10.3 Å². The molecule has 3 rings (SSSR count). The highest BCUT2D eigenvalue weighted by Gasteiger charge is 2.14. The smallest absolute Gasteiger partial charge is 0.260 e. The van der Waals surface area contributed by atoms with Crippen molar-refractivity contribution in [3.8, 4) is 0 Å². The van der Waals surface area contributed by atoms with E-state index in [1.807, 2.05) is 26.1 Å². The Morgan fingerprint density at radius 3 is 3.10 bits per heavy atom. The summed E-state index contributed by atoms with van der Waals surface area (Å²) >= 11 is 0. The molecule has 2 N–H and O–H groups in total. The van der Waals surface area contributed by atoms with Crippen molar-refractivity contribution in [3.05, 3.63) is 41.9 Å². The third-order valence-electron chi connectivity index (χ3n) is 3.10.